The van der Waals surface area contributed by atoms with Crippen molar-refractivity contribution in [3.05, 3.63) is 62.3 Å². The van der Waals surface area contributed by atoms with Crippen LogP contribution in [0.1, 0.15) is 78.6 Å². The summed E-state index contributed by atoms with van der Waals surface area (Å²) in [5.74, 6) is 0.888. The molecule has 2 aromatic rings. The molecule has 1 aromatic carbocycles. The quantitative estimate of drug-likeness (QED) is 0.801. The van der Waals surface area contributed by atoms with Crippen LogP contribution in [0.5, 0.6) is 0 Å². The molecule has 1 aromatic heterocycles. The lowest BCUT2D eigenvalue weighted by Crippen LogP contribution is -2.45. The van der Waals surface area contributed by atoms with Crippen molar-refractivity contribution in [1.82, 2.24) is 14.9 Å². The minimum atomic E-state index is -0.197. The number of aryl methyl sites for hydroxylation is 2. The van der Waals surface area contributed by atoms with E-state index in [9.17, 15) is 9.59 Å². The maximum Gasteiger partial charge on any atom is 0.254 e. The summed E-state index contributed by atoms with van der Waals surface area (Å²) in [6.07, 6.45) is 3.48. The Kier molecular flexibility index (Phi) is 4.67. The van der Waals surface area contributed by atoms with E-state index in [-0.39, 0.29) is 22.3 Å². The number of nitrogens with one attached hydrogen (secondary N) is 1. The average Bonchev–Trinajstić information content (AvgIpc) is 3.00. The summed E-state index contributed by atoms with van der Waals surface area (Å²) in [4.78, 5) is 35.8. The van der Waals surface area contributed by atoms with E-state index >= 15 is 0 Å². The molecule has 1 N–H and O–H groups in total. The molecule has 2 heterocycles. The molecule has 0 unspecified atom stereocenters. The van der Waals surface area contributed by atoms with Crippen LogP contribution in [-0.4, -0.2) is 33.9 Å². The van der Waals surface area contributed by atoms with Crippen molar-refractivity contribution in [2.75, 3.05) is 13.1 Å². The number of carbonyl (C=O) groups is 1. The number of benzene rings is 1. The maximum absolute atomic E-state index is 13.2. The van der Waals surface area contributed by atoms with Crippen LogP contribution in [0.4, 0.5) is 0 Å². The number of hydrogen-bond acceptors (Lipinski definition) is 3. The Labute approximate surface area is 172 Å². The van der Waals surface area contributed by atoms with Crippen molar-refractivity contribution in [3.8, 4) is 0 Å². The smallest absolute Gasteiger partial charge is 0.254 e. The molecule has 1 aliphatic carbocycles. The van der Waals surface area contributed by atoms with Crippen LogP contribution in [0.15, 0.2) is 23.0 Å². The van der Waals surface area contributed by atoms with E-state index in [1.54, 1.807) is 0 Å². The van der Waals surface area contributed by atoms with Gasteiger partial charge in [-0.05, 0) is 50.7 Å². The Hall–Kier alpha value is -2.43. The third-order valence-corrected chi connectivity index (χ3v) is 6.78. The number of carbonyl (C=O) groups excluding carboxylic acids is 1. The van der Waals surface area contributed by atoms with Crippen molar-refractivity contribution < 1.29 is 4.79 Å². The first-order valence-electron chi connectivity index (χ1n) is 10.6. The fraction of sp³-hybridized carbons (Fsp3) is 0.542. The van der Waals surface area contributed by atoms with Gasteiger partial charge in [-0.2, -0.15) is 0 Å². The highest BCUT2D eigenvalue weighted by Crippen LogP contribution is 2.44. The largest absolute Gasteiger partial charge is 0.339 e. The molecule has 0 bridgehead atoms. The second-order valence-electron chi connectivity index (χ2n) is 9.83. The van der Waals surface area contributed by atoms with E-state index in [4.69, 9.17) is 4.98 Å². The summed E-state index contributed by atoms with van der Waals surface area (Å²) >= 11 is 0. The summed E-state index contributed by atoms with van der Waals surface area (Å²) in [5.41, 5.74) is 4.50. The highest BCUT2D eigenvalue weighted by atomic mass is 16.2. The molecule has 4 rings (SSSR count). The number of H-pyrrole nitrogens is 1. The average molecular weight is 394 g/mol. The molecule has 5 nitrogen and oxygen atoms in total. The fourth-order valence-electron chi connectivity index (χ4n) is 4.94. The van der Waals surface area contributed by atoms with Crippen molar-refractivity contribution in [2.24, 2.45) is 0 Å². The summed E-state index contributed by atoms with van der Waals surface area (Å²) < 4.78 is 0. The highest BCUT2D eigenvalue weighted by molar-refractivity contribution is 5.97. The van der Waals surface area contributed by atoms with Gasteiger partial charge >= 0.3 is 0 Å². The van der Waals surface area contributed by atoms with E-state index in [0.717, 1.165) is 59.5 Å². The molecule has 29 heavy (non-hydrogen) atoms. The molecule has 154 valence electrons. The lowest BCUT2D eigenvalue weighted by molar-refractivity contribution is 0.0662. The van der Waals surface area contributed by atoms with Crippen molar-refractivity contribution in [3.63, 3.8) is 0 Å². The van der Waals surface area contributed by atoms with Crippen LogP contribution in [-0.2, 0) is 17.3 Å². The fourth-order valence-corrected chi connectivity index (χ4v) is 4.94. The SMILES string of the molecule is Cc1cccc(C)c1C(=O)N1CCC2(CCc3c2nc(C(C)(C)C)[nH]c3=O)CC1. The molecule has 2 aliphatic rings. The van der Waals surface area contributed by atoms with Crippen molar-refractivity contribution >= 4 is 5.91 Å². The second kappa shape index (κ2) is 6.82. The number of hydrogen-bond donors (Lipinski definition) is 1. The monoisotopic (exact) mass is 393 g/mol. The number of likely N-dealkylation sites (tertiary alicyclic amines) is 1. The van der Waals surface area contributed by atoms with Crippen LogP contribution in [0.3, 0.4) is 0 Å². The van der Waals surface area contributed by atoms with Crippen LogP contribution >= 0.6 is 0 Å². The van der Waals surface area contributed by atoms with Crippen LogP contribution in [0, 0.1) is 13.8 Å². The van der Waals surface area contributed by atoms with Gasteiger partial charge in [-0.15, -0.1) is 0 Å². The maximum atomic E-state index is 13.2. The molecular weight excluding hydrogens is 362 g/mol. The number of aromatic nitrogens is 2. The zero-order valence-corrected chi connectivity index (χ0v) is 18.2. The molecule has 1 aliphatic heterocycles. The summed E-state index contributed by atoms with van der Waals surface area (Å²) in [6, 6.07) is 6.00. The molecule has 1 saturated heterocycles. The Morgan fingerprint density at radius 1 is 1.10 bits per heavy atom. The van der Waals surface area contributed by atoms with Gasteiger partial charge in [0.05, 0.1) is 5.69 Å². The number of piperidine rings is 1. The lowest BCUT2D eigenvalue weighted by Gasteiger charge is -2.40. The first kappa shape index (κ1) is 19.9. The van der Waals surface area contributed by atoms with E-state index in [0.29, 0.717) is 13.1 Å². The van der Waals surface area contributed by atoms with Gasteiger partial charge < -0.3 is 9.88 Å². The van der Waals surface area contributed by atoms with E-state index in [2.05, 4.69) is 25.8 Å². The molecule has 0 radical (unpaired) electrons. The van der Waals surface area contributed by atoms with Gasteiger partial charge in [0.25, 0.3) is 11.5 Å². The van der Waals surface area contributed by atoms with Crippen LogP contribution < -0.4 is 5.56 Å². The Bertz CT molecular complexity index is 1000. The van der Waals surface area contributed by atoms with E-state index in [1.807, 2.05) is 36.9 Å². The minimum Gasteiger partial charge on any atom is -0.339 e. The molecule has 0 atom stereocenters. The normalized spacial score (nSPS) is 18.2. The lowest BCUT2D eigenvalue weighted by atomic mass is 9.76. The molecule has 1 fully saturated rings. The van der Waals surface area contributed by atoms with Crippen molar-refractivity contribution in [1.29, 1.82) is 0 Å². The molecule has 0 saturated carbocycles. The van der Waals surface area contributed by atoms with Gasteiger partial charge in [-0.1, -0.05) is 39.0 Å². The summed E-state index contributed by atoms with van der Waals surface area (Å²) in [7, 11) is 0. The zero-order valence-electron chi connectivity index (χ0n) is 18.2. The predicted octanol–water partition coefficient (Wildman–Crippen LogP) is 3.80. The topological polar surface area (TPSA) is 66.1 Å². The Morgan fingerprint density at radius 3 is 2.31 bits per heavy atom. The first-order valence-corrected chi connectivity index (χ1v) is 10.6. The van der Waals surface area contributed by atoms with Crippen molar-refractivity contribution in [2.45, 2.75) is 71.1 Å². The van der Waals surface area contributed by atoms with Gasteiger partial charge in [-0.3, -0.25) is 9.59 Å². The molecule has 5 heteroatoms. The number of aromatic amines is 1. The van der Waals surface area contributed by atoms with Gasteiger partial charge in [0.15, 0.2) is 0 Å². The van der Waals surface area contributed by atoms with E-state index < -0.39 is 0 Å². The Morgan fingerprint density at radius 2 is 1.72 bits per heavy atom. The first-order chi connectivity index (χ1) is 13.6. The second-order valence-corrected chi connectivity index (χ2v) is 9.83. The van der Waals surface area contributed by atoms with Gasteiger partial charge in [0.2, 0.25) is 0 Å². The third kappa shape index (κ3) is 3.30. The molecular formula is C24H31N3O2. The summed E-state index contributed by atoms with van der Waals surface area (Å²) in [6.45, 7) is 11.7. The van der Waals surface area contributed by atoms with Crippen LogP contribution in [0.2, 0.25) is 0 Å². The molecule has 1 amide bonds. The number of amides is 1. The van der Waals surface area contributed by atoms with Crippen LogP contribution in [0.25, 0.3) is 0 Å². The zero-order chi connectivity index (χ0) is 21.0. The van der Waals surface area contributed by atoms with Gasteiger partial charge in [-0.25, -0.2) is 4.98 Å². The van der Waals surface area contributed by atoms with Gasteiger partial charge in [0.1, 0.15) is 5.82 Å². The standard InChI is InChI=1S/C24H31N3O2/c1-15-7-6-8-16(2)18(15)21(29)27-13-11-24(12-14-27)10-9-17-19(24)25-22(23(3,4)5)26-20(17)28/h6-8H,9-14H2,1-5H3,(H,25,26,28). The Balaban J connectivity index is 1.61. The summed E-state index contributed by atoms with van der Waals surface area (Å²) in [5, 5.41) is 0. The van der Waals surface area contributed by atoms with E-state index in [1.165, 1.54) is 0 Å². The predicted molar refractivity (Wildman–Crippen MR) is 115 cm³/mol. The number of rotatable bonds is 1. The number of fused-ring (bicyclic) bond motifs is 2. The highest BCUT2D eigenvalue weighted by Gasteiger charge is 2.45. The third-order valence-electron chi connectivity index (χ3n) is 6.78. The molecule has 1 spiro atoms. The van der Waals surface area contributed by atoms with Gasteiger partial charge in [0, 0.05) is 35.0 Å². The number of nitrogens with zero attached hydrogens (tertiary/aromatic N) is 2. The minimum absolute atomic E-state index is 0.0193.